The SMILES string of the molecule is C=CCCC(CCC)(CCC)CCCCCCC. The van der Waals surface area contributed by atoms with Crippen molar-refractivity contribution < 1.29 is 0 Å². The lowest BCUT2D eigenvalue weighted by molar-refractivity contribution is 0.189. The molecule has 0 N–H and O–H groups in total. The summed E-state index contributed by atoms with van der Waals surface area (Å²) in [5.74, 6) is 0. The molecule has 0 aliphatic rings. The van der Waals surface area contributed by atoms with E-state index in [1.54, 1.807) is 0 Å². The zero-order valence-electron chi connectivity index (χ0n) is 13.3. The third kappa shape index (κ3) is 7.95. The van der Waals surface area contributed by atoms with Crippen LogP contribution in [0.2, 0.25) is 0 Å². The van der Waals surface area contributed by atoms with Crippen LogP contribution in [0.25, 0.3) is 0 Å². The molecule has 0 aromatic rings. The predicted molar refractivity (Wildman–Crippen MR) is 85.1 cm³/mol. The first kappa shape index (κ1) is 17.7. The van der Waals surface area contributed by atoms with Crippen LogP contribution in [0, 0.1) is 5.41 Å². The number of allylic oxidation sites excluding steroid dienone is 1. The Morgan fingerprint density at radius 1 is 0.722 bits per heavy atom. The fourth-order valence-electron chi connectivity index (χ4n) is 3.32. The molecule has 0 nitrogen and oxygen atoms in total. The number of hydrogen-bond acceptors (Lipinski definition) is 0. The van der Waals surface area contributed by atoms with Gasteiger partial charge in [0.1, 0.15) is 0 Å². The average Bonchev–Trinajstić information content (AvgIpc) is 2.37. The van der Waals surface area contributed by atoms with Crippen LogP contribution in [0.4, 0.5) is 0 Å². The van der Waals surface area contributed by atoms with E-state index in [9.17, 15) is 0 Å². The molecule has 0 heterocycles. The van der Waals surface area contributed by atoms with Gasteiger partial charge in [-0.1, -0.05) is 71.8 Å². The fourth-order valence-corrected chi connectivity index (χ4v) is 3.32. The van der Waals surface area contributed by atoms with Crippen molar-refractivity contribution in [2.75, 3.05) is 0 Å². The van der Waals surface area contributed by atoms with Gasteiger partial charge in [0, 0.05) is 0 Å². The molecule has 0 aliphatic heterocycles. The normalized spacial score (nSPS) is 11.7. The number of hydrogen-bond donors (Lipinski definition) is 0. The molecule has 0 saturated carbocycles. The molecule has 0 aliphatic carbocycles. The first-order valence-corrected chi connectivity index (χ1v) is 8.35. The van der Waals surface area contributed by atoms with Crippen molar-refractivity contribution in [3.8, 4) is 0 Å². The van der Waals surface area contributed by atoms with E-state index < -0.39 is 0 Å². The highest BCUT2D eigenvalue weighted by Crippen LogP contribution is 2.40. The lowest BCUT2D eigenvalue weighted by atomic mass is 9.72. The molecule has 0 saturated heterocycles. The smallest absolute Gasteiger partial charge is 0.0295 e. The summed E-state index contributed by atoms with van der Waals surface area (Å²) in [4.78, 5) is 0. The van der Waals surface area contributed by atoms with Crippen LogP contribution in [0.1, 0.15) is 97.8 Å². The van der Waals surface area contributed by atoms with Gasteiger partial charge in [0.15, 0.2) is 0 Å². The van der Waals surface area contributed by atoms with E-state index in [1.165, 1.54) is 77.0 Å². The topological polar surface area (TPSA) is 0 Å². The molecule has 0 heteroatoms. The quantitative estimate of drug-likeness (QED) is 0.247. The van der Waals surface area contributed by atoms with E-state index >= 15 is 0 Å². The van der Waals surface area contributed by atoms with E-state index in [0.717, 1.165) is 0 Å². The van der Waals surface area contributed by atoms with E-state index in [1.807, 2.05) is 0 Å². The molecule has 0 aromatic carbocycles. The van der Waals surface area contributed by atoms with E-state index in [4.69, 9.17) is 0 Å². The second-order valence-corrected chi connectivity index (χ2v) is 5.99. The third-order valence-electron chi connectivity index (χ3n) is 4.25. The third-order valence-corrected chi connectivity index (χ3v) is 4.25. The van der Waals surface area contributed by atoms with Crippen LogP contribution in [-0.2, 0) is 0 Å². The molecule has 18 heavy (non-hydrogen) atoms. The molecule has 0 rings (SSSR count). The average molecular weight is 252 g/mol. The summed E-state index contributed by atoms with van der Waals surface area (Å²) in [7, 11) is 0. The Hall–Kier alpha value is -0.260. The van der Waals surface area contributed by atoms with Crippen molar-refractivity contribution >= 4 is 0 Å². The van der Waals surface area contributed by atoms with Crippen LogP contribution in [-0.4, -0.2) is 0 Å². The summed E-state index contributed by atoms with van der Waals surface area (Å²) >= 11 is 0. The van der Waals surface area contributed by atoms with Crippen molar-refractivity contribution in [3.63, 3.8) is 0 Å². The van der Waals surface area contributed by atoms with Gasteiger partial charge >= 0.3 is 0 Å². The maximum absolute atomic E-state index is 3.90. The van der Waals surface area contributed by atoms with Gasteiger partial charge < -0.3 is 0 Å². The Balaban J connectivity index is 4.17. The Morgan fingerprint density at radius 3 is 1.83 bits per heavy atom. The lowest BCUT2D eigenvalue weighted by Gasteiger charge is -2.34. The monoisotopic (exact) mass is 252 g/mol. The highest BCUT2D eigenvalue weighted by Gasteiger charge is 2.26. The first-order valence-electron chi connectivity index (χ1n) is 8.35. The van der Waals surface area contributed by atoms with Crippen molar-refractivity contribution in [3.05, 3.63) is 12.7 Å². The second kappa shape index (κ2) is 11.8. The largest absolute Gasteiger partial charge is 0.103 e. The first-order chi connectivity index (χ1) is 8.74. The Labute approximate surface area is 116 Å². The van der Waals surface area contributed by atoms with Gasteiger partial charge in [0.05, 0.1) is 0 Å². The zero-order valence-corrected chi connectivity index (χ0v) is 13.3. The number of rotatable bonds is 13. The standard InChI is InChI=1S/C18H36/c1-5-9-11-12-13-17-18(14-7-3,15-8-4)16-10-6-2/h6H,2,5,7-17H2,1,3-4H3. The van der Waals surface area contributed by atoms with Gasteiger partial charge in [-0.3, -0.25) is 0 Å². The minimum absolute atomic E-state index is 0.629. The molecule has 0 aromatic heterocycles. The molecular weight excluding hydrogens is 216 g/mol. The van der Waals surface area contributed by atoms with Gasteiger partial charge in [-0.25, -0.2) is 0 Å². The van der Waals surface area contributed by atoms with Crippen molar-refractivity contribution in [2.24, 2.45) is 5.41 Å². The molecule has 0 amide bonds. The molecule has 0 bridgehead atoms. The zero-order chi connectivity index (χ0) is 13.7. The summed E-state index contributed by atoms with van der Waals surface area (Å²) in [5.41, 5.74) is 0.629. The van der Waals surface area contributed by atoms with Crippen LogP contribution in [0.5, 0.6) is 0 Å². The van der Waals surface area contributed by atoms with Gasteiger partial charge in [0.2, 0.25) is 0 Å². The Morgan fingerprint density at radius 2 is 1.33 bits per heavy atom. The summed E-state index contributed by atoms with van der Waals surface area (Å²) in [6.45, 7) is 10.9. The minimum Gasteiger partial charge on any atom is -0.103 e. The van der Waals surface area contributed by atoms with Gasteiger partial charge in [-0.2, -0.15) is 0 Å². The van der Waals surface area contributed by atoms with Crippen LogP contribution >= 0.6 is 0 Å². The minimum atomic E-state index is 0.629. The summed E-state index contributed by atoms with van der Waals surface area (Å²) in [5, 5.41) is 0. The highest BCUT2D eigenvalue weighted by atomic mass is 14.3. The molecule has 0 atom stereocenters. The van der Waals surface area contributed by atoms with Crippen LogP contribution in [0.15, 0.2) is 12.7 Å². The van der Waals surface area contributed by atoms with E-state index in [-0.39, 0.29) is 0 Å². The highest BCUT2D eigenvalue weighted by molar-refractivity contribution is 4.82. The maximum Gasteiger partial charge on any atom is -0.0295 e. The van der Waals surface area contributed by atoms with Crippen LogP contribution in [0.3, 0.4) is 0 Å². The summed E-state index contributed by atoms with van der Waals surface area (Å²) in [6.07, 6.45) is 18.7. The van der Waals surface area contributed by atoms with Gasteiger partial charge in [-0.15, -0.1) is 6.58 Å². The second-order valence-electron chi connectivity index (χ2n) is 5.99. The van der Waals surface area contributed by atoms with Gasteiger partial charge in [-0.05, 0) is 37.5 Å². The predicted octanol–water partition coefficient (Wildman–Crippen LogP) is 6.90. The number of unbranched alkanes of at least 4 members (excludes halogenated alkanes) is 4. The molecule has 0 radical (unpaired) electrons. The van der Waals surface area contributed by atoms with Crippen molar-refractivity contribution in [1.29, 1.82) is 0 Å². The lowest BCUT2D eigenvalue weighted by Crippen LogP contribution is -2.20. The molecular formula is C18H36. The fraction of sp³-hybridized carbons (Fsp3) is 0.889. The molecule has 108 valence electrons. The van der Waals surface area contributed by atoms with Gasteiger partial charge in [0.25, 0.3) is 0 Å². The Kier molecular flexibility index (Phi) is 11.6. The van der Waals surface area contributed by atoms with Crippen molar-refractivity contribution in [2.45, 2.75) is 97.8 Å². The van der Waals surface area contributed by atoms with Crippen molar-refractivity contribution in [1.82, 2.24) is 0 Å². The van der Waals surface area contributed by atoms with E-state index in [2.05, 4.69) is 33.4 Å². The van der Waals surface area contributed by atoms with E-state index in [0.29, 0.717) is 5.41 Å². The molecule has 0 spiro atoms. The molecule has 0 unspecified atom stereocenters. The summed E-state index contributed by atoms with van der Waals surface area (Å²) in [6, 6.07) is 0. The summed E-state index contributed by atoms with van der Waals surface area (Å²) < 4.78 is 0. The van der Waals surface area contributed by atoms with Crippen LogP contribution < -0.4 is 0 Å². The Bertz CT molecular complexity index is 174. The molecule has 0 fully saturated rings. The maximum atomic E-state index is 3.90.